The molecule has 0 saturated heterocycles. The Balaban J connectivity index is 1.60. The van der Waals surface area contributed by atoms with Crippen molar-refractivity contribution in [1.29, 1.82) is 0 Å². The molecule has 0 fully saturated rings. The van der Waals surface area contributed by atoms with Crippen molar-refractivity contribution < 1.29 is 4.57 Å². The Kier molecular flexibility index (Phi) is 3.91. The van der Waals surface area contributed by atoms with E-state index >= 15 is 0 Å². The number of aromatic nitrogens is 2. The van der Waals surface area contributed by atoms with Crippen LogP contribution in [0.4, 0.5) is 0 Å². The molecular weight excluding hydrogens is 340 g/mol. The zero-order valence-electron chi connectivity index (χ0n) is 16.1. The second-order valence-electron chi connectivity index (χ2n) is 7.34. The van der Waals surface area contributed by atoms with Gasteiger partial charge in [0.1, 0.15) is 18.9 Å². The van der Waals surface area contributed by atoms with Crippen molar-refractivity contribution in [2.75, 3.05) is 0 Å². The number of rotatable bonds is 2. The van der Waals surface area contributed by atoms with E-state index in [1.54, 1.807) is 0 Å². The summed E-state index contributed by atoms with van der Waals surface area (Å²) >= 11 is 0. The normalized spacial score (nSPS) is 11.2. The first-order valence-corrected chi connectivity index (χ1v) is 9.54. The van der Waals surface area contributed by atoms with Gasteiger partial charge in [-0.1, -0.05) is 66.7 Å². The van der Waals surface area contributed by atoms with Gasteiger partial charge in [-0.3, -0.25) is 0 Å². The minimum atomic E-state index is 0.982. The van der Waals surface area contributed by atoms with Crippen LogP contribution in [-0.2, 0) is 7.05 Å². The van der Waals surface area contributed by atoms with E-state index in [9.17, 15) is 0 Å². The van der Waals surface area contributed by atoms with Crippen molar-refractivity contribution >= 4 is 21.5 Å². The second-order valence-corrected chi connectivity index (χ2v) is 7.34. The molecule has 28 heavy (non-hydrogen) atoms. The van der Waals surface area contributed by atoms with E-state index in [4.69, 9.17) is 4.98 Å². The molecule has 0 aliphatic heterocycles. The molecule has 0 atom stereocenters. The van der Waals surface area contributed by atoms with Crippen LogP contribution in [0.15, 0.2) is 91.3 Å². The van der Waals surface area contributed by atoms with Crippen molar-refractivity contribution in [3.63, 3.8) is 0 Å². The van der Waals surface area contributed by atoms with Gasteiger partial charge in [0.25, 0.3) is 0 Å². The molecule has 1 aromatic heterocycles. The molecule has 0 N–H and O–H groups in total. The fraction of sp³-hybridized carbons (Fsp3) is 0.0769. The van der Waals surface area contributed by atoms with E-state index < -0.39 is 0 Å². The molecule has 0 spiro atoms. The molecule has 134 valence electrons. The molecule has 1 heterocycles. The van der Waals surface area contributed by atoms with Crippen molar-refractivity contribution in [3.05, 3.63) is 96.8 Å². The lowest BCUT2D eigenvalue weighted by molar-refractivity contribution is -0.660. The monoisotopic (exact) mass is 361 g/mol. The van der Waals surface area contributed by atoms with E-state index in [0.29, 0.717) is 0 Å². The highest BCUT2D eigenvalue weighted by atomic mass is 15.0. The van der Waals surface area contributed by atoms with Crippen LogP contribution in [0.25, 0.3) is 44.1 Å². The molecule has 4 aromatic carbocycles. The van der Waals surface area contributed by atoms with Crippen LogP contribution in [0.2, 0.25) is 0 Å². The van der Waals surface area contributed by atoms with Crippen LogP contribution in [-0.4, -0.2) is 4.98 Å². The average molecular weight is 361 g/mol. The van der Waals surface area contributed by atoms with Gasteiger partial charge < -0.3 is 0 Å². The second kappa shape index (κ2) is 6.58. The molecule has 0 bridgehead atoms. The van der Waals surface area contributed by atoms with Gasteiger partial charge in [0.2, 0.25) is 5.69 Å². The summed E-state index contributed by atoms with van der Waals surface area (Å²) in [4.78, 5) is 4.79. The van der Waals surface area contributed by atoms with E-state index in [0.717, 1.165) is 17.0 Å². The average Bonchev–Trinajstić information content (AvgIpc) is 2.73. The molecular formula is C26H21N2+. The SMILES string of the molecule is Cc1cc2ccccc2cc1-c1cnc(-c2ccc3ccccc3c2)c[n+]1C. The highest BCUT2D eigenvalue weighted by Crippen LogP contribution is 2.27. The van der Waals surface area contributed by atoms with Crippen LogP contribution in [0.5, 0.6) is 0 Å². The lowest BCUT2D eigenvalue weighted by Gasteiger charge is -2.08. The van der Waals surface area contributed by atoms with E-state index in [1.807, 2.05) is 6.20 Å². The summed E-state index contributed by atoms with van der Waals surface area (Å²) in [5, 5.41) is 5.01. The lowest BCUT2D eigenvalue weighted by Crippen LogP contribution is -2.31. The standard InChI is InChI=1S/C26H21N2/c1-18-13-20-8-5-6-10-22(20)15-24(18)26-16-27-25(17-28(26)2)23-12-11-19-7-3-4-9-21(19)14-23/h3-17H,1-2H3/q+1. The topological polar surface area (TPSA) is 16.8 Å². The summed E-state index contributed by atoms with van der Waals surface area (Å²) in [6, 6.07) is 27.9. The molecule has 0 amide bonds. The zero-order chi connectivity index (χ0) is 19.1. The Morgan fingerprint density at radius 2 is 1.36 bits per heavy atom. The molecule has 5 aromatic rings. The van der Waals surface area contributed by atoms with Gasteiger partial charge in [-0.2, -0.15) is 4.57 Å². The largest absolute Gasteiger partial charge is 0.243 e. The number of hydrogen-bond donors (Lipinski definition) is 0. The van der Waals surface area contributed by atoms with Gasteiger partial charge in [0, 0.05) is 5.56 Å². The third-order valence-corrected chi connectivity index (χ3v) is 5.44. The van der Waals surface area contributed by atoms with Gasteiger partial charge in [0.15, 0.2) is 6.20 Å². The predicted octanol–water partition coefficient (Wildman–Crippen LogP) is 5.85. The number of hydrogen-bond acceptors (Lipinski definition) is 1. The van der Waals surface area contributed by atoms with Crippen molar-refractivity contribution in [2.24, 2.45) is 7.05 Å². The van der Waals surface area contributed by atoms with Crippen LogP contribution < -0.4 is 4.57 Å². The summed E-state index contributed by atoms with van der Waals surface area (Å²) in [6.45, 7) is 2.17. The zero-order valence-corrected chi connectivity index (χ0v) is 16.1. The number of aryl methyl sites for hydroxylation is 2. The van der Waals surface area contributed by atoms with Gasteiger partial charge in [0.05, 0.1) is 5.56 Å². The quantitative estimate of drug-likeness (QED) is 0.360. The maximum atomic E-state index is 4.79. The molecule has 0 unspecified atom stereocenters. The highest BCUT2D eigenvalue weighted by molar-refractivity contribution is 5.88. The number of fused-ring (bicyclic) bond motifs is 2. The van der Waals surface area contributed by atoms with E-state index in [1.165, 1.54) is 32.7 Å². The Bertz CT molecular complexity index is 1340. The van der Waals surface area contributed by atoms with Crippen molar-refractivity contribution in [1.82, 2.24) is 4.98 Å². The molecule has 2 heteroatoms. The fourth-order valence-corrected chi connectivity index (χ4v) is 3.90. The maximum Gasteiger partial charge on any atom is 0.231 e. The molecule has 0 aliphatic carbocycles. The summed E-state index contributed by atoms with van der Waals surface area (Å²) < 4.78 is 2.18. The Hall–Kier alpha value is -3.52. The third kappa shape index (κ3) is 2.84. The van der Waals surface area contributed by atoms with E-state index in [2.05, 4.69) is 104 Å². The summed E-state index contributed by atoms with van der Waals surface area (Å²) in [7, 11) is 2.09. The van der Waals surface area contributed by atoms with Crippen LogP contribution in [0, 0.1) is 6.92 Å². The molecule has 2 nitrogen and oxygen atoms in total. The first-order chi connectivity index (χ1) is 13.7. The smallest absolute Gasteiger partial charge is 0.231 e. The lowest BCUT2D eigenvalue weighted by atomic mass is 9.99. The van der Waals surface area contributed by atoms with E-state index in [-0.39, 0.29) is 0 Å². The Labute approximate surface area is 164 Å². The number of nitrogens with zero attached hydrogens (tertiary/aromatic N) is 2. The molecule has 0 saturated carbocycles. The maximum absolute atomic E-state index is 4.79. The first kappa shape index (κ1) is 16.6. The van der Waals surface area contributed by atoms with Gasteiger partial charge in [-0.25, -0.2) is 4.98 Å². The summed E-state index contributed by atoms with van der Waals surface area (Å²) in [5.74, 6) is 0. The molecule has 0 radical (unpaired) electrons. The van der Waals surface area contributed by atoms with Crippen LogP contribution in [0.1, 0.15) is 5.56 Å². The fourth-order valence-electron chi connectivity index (χ4n) is 3.90. The third-order valence-electron chi connectivity index (χ3n) is 5.44. The van der Waals surface area contributed by atoms with Crippen LogP contribution >= 0.6 is 0 Å². The van der Waals surface area contributed by atoms with Gasteiger partial charge in [-0.15, -0.1) is 0 Å². The molecule has 5 rings (SSSR count). The van der Waals surface area contributed by atoms with Crippen LogP contribution in [0.3, 0.4) is 0 Å². The first-order valence-electron chi connectivity index (χ1n) is 9.54. The summed E-state index contributed by atoms with van der Waals surface area (Å²) in [6.07, 6.45) is 4.11. The van der Waals surface area contributed by atoms with Crippen molar-refractivity contribution in [3.8, 4) is 22.5 Å². The summed E-state index contributed by atoms with van der Waals surface area (Å²) in [5.41, 5.74) is 5.72. The molecule has 0 aliphatic rings. The van der Waals surface area contributed by atoms with Crippen molar-refractivity contribution in [2.45, 2.75) is 6.92 Å². The minimum absolute atomic E-state index is 0.982. The highest BCUT2D eigenvalue weighted by Gasteiger charge is 2.16. The van der Waals surface area contributed by atoms with Gasteiger partial charge >= 0.3 is 0 Å². The minimum Gasteiger partial charge on any atom is -0.243 e. The predicted molar refractivity (Wildman–Crippen MR) is 116 cm³/mol. The number of benzene rings is 4. The Morgan fingerprint density at radius 1 is 0.714 bits per heavy atom. The Morgan fingerprint density at radius 3 is 2.07 bits per heavy atom. The van der Waals surface area contributed by atoms with Gasteiger partial charge in [-0.05, 0) is 46.2 Å².